The first-order valence-corrected chi connectivity index (χ1v) is 34.2. The molecule has 0 fully saturated rings. The number of halogens is 4. The number of aliphatic carboxylic acids is 1. The highest BCUT2D eigenvalue weighted by atomic mass is 35.5. The van der Waals surface area contributed by atoms with Crippen LogP contribution in [0, 0.1) is 0 Å². The zero-order valence-electron chi connectivity index (χ0n) is 53.0. The first-order chi connectivity index (χ1) is 46.6. The smallest absolute Gasteiger partial charge is 0.311 e. The molecule has 25 nitrogen and oxygen atoms in total. The van der Waals surface area contributed by atoms with Gasteiger partial charge < -0.3 is 69.7 Å². The van der Waals surface area contributed by atoms with Crippen LogP contribution in [0.25, 0.3) is 0 Å². The molecule has 0 saturated carbocycles. The number of fused-ring (bicyclic) bond motifs is 8. The third kappa shape index (κ3) is 14.2. The molecular formula is C68H78Cl4N16O9. The number of H-pyrrole nitrogens is 1. The molecule has 4 aromatic heterocycles. The Morgan fingerprint density at radius 3 is 1.19 bits per heavy atom. The summed E-state index contributed by atoms with van der Waals surface area (Å²) in [5.41, 5.74) is 37.6. The topological polar surface area (TPSA) is 404 Å². The number of aromatic amines is 1. The number of rotatable bonds is 4. The van der Waals surface area contributed by atoms with Crippen LogP contribution in [0.2, 0.25) is 20.1 Å². The molecule has 4 aromatic carbocycles. The Hall–Kier alpha value is -8.40. The fourth-order valence-electron chi connectivity index (χ4n) is 14.3. The monoisotopic (exact) mass is 1400 g/mol. The van der Waals surface area contributed by atoms with Crippen LogP contribution in [0.5, 0.6) is 0 Å². The highest BCUT2D eigenvalue weighted by molar-refractivity contribution is 6.34. The molecule has 29 heteroatoms. The van der Waals surface area contributed by atoms with Crippen LogP contribution in [-0.4, -0.2) is 139 Å². The molecule has 16 rings (SSSR count). The molecule has 0 radical (unpaired) electrons. The van der Waals surface area contributed by atoms with Gasteiger partial charge in [-0.3, -0.25) is 24.3 Å². The maximum absolute atomic E-state index is 13.2. The molecule has 0 saturated heterocycles. The van der Waals surface area contributed by atoms with Gasteiger partial charge in [0.05, 0.1) is 108 Å². The number of anilines is 8. The molecule has 512 valence electrons. The molecule has 4 aliphatic carbocycles. The summed E-state index contributed by atoms with van der Waals surface area (Å²) in [5, 5.41) is 83.0. The van der Waals surface area contributed by atoms with E-state index in [9.17, 15) is 39.6 Å². The van der Waals surface area contributed by atoms with E-state index in [1.807, 2.05) is 60.7 Å². The van der Waals surface area contributed by atoms with Gasteiger partial charge in [0.15, 0.2) is 0 Å². The van der Waals surface area contributed by atoms with Crippen molar-refractivity contribution in [3.05, 3.63) is 160 Å². The van der Waals surface area contributed by atoms with Crippen molar-refractivity contribution in [2.75, 3.05) is 70.4 Å². The predicted molar refractivity (Wildman–Crippen MR) is 374 cm³/mol. The Morgan fingerprint density at radius 1 is 0.423 bits per heavy atom. The number of carboxylic acids is 1. The van der Waals surface area contributed by atoms with E-state index in [0.29, 0.717) is 159 Å². The minimum Gasteiger partial charge on any atom is -0.481 e. The molecule has 4 aliphatic heterocycles. The van der Waals surface area contributed by atoms with Crippen LogP contribution < -0.4 is 44.2 Å². The van der Waals surface area contributed by atoms with Gasteiger partial charge in [-0.25, -0.2) is 4.68 Å². The van der Waals surface area contributed by atoms with Gasteiger partial charge in [-0.05, 0) is 124 Å². The van der Waals surface area contributed by atoms with Crippen LogP contribution in [0.3, 0.4) is 0 Å². The first-order valence-electron chi connectivity index (χ1n) is 32.7. The number of benzene rings is 4. The van der Waals surface area contributed by atoms with Crippen LogP contribution in [-0.2, 0) is 56.2 Å². The number of carbonyl (C=O) groups excluding carboxylic acids is 3. The Balaban J connectivity index is 0.000000119. The standard InChI is InChI=1S/3C17H19ClN4O2.C10H10ClNO2.C7H11N3O/c18-13-3-1-2-10-11(6-7-20-15(10)13)17(24)22-14-8-9(23)4-5-12(14)16(19)21-22;2*18-13-3-1-2-10-11(6-7-20-15(10)13)17(24)22-16(19)12-5-4-9(23)8-14(12)21-22;11-8-3-1-2-6-7(10(13)14)4-5-12-9(6)8;8-7-5-2-1-4(11)3-6(5)9-10-7/h1-3,9,11,20,23H,4-8H2,(H2,19,21);2*1-3,9,11,20,23H,4-8,19H2;1-3,7,12H,4-5H2,(H,13,14);4,11H,1-3H2,(H3,8,9,10)/t9-,11?;9-,11+;9-,11-;;4-/m000.0/s1. The van der Waals surface area contributed by atoms with Gasteiger partial charge in [0.2, 0.25) is 0 Å². The predicted octanol–water partition coefficient (Wildman–Crippen LogP) is 8.79. The zero-order valence-corrected chi connectivity index (χ0v) is 56.0. The fraction of sp³-hybridized carbons (Fsp3) is 0.412. The summed E-state index contributed by atoms with van der Waals surface area (Å²) in [6.07, 6.45) is 8.70. The van der Waals surface area contributed by atoms with Crippen molar-refractivity contribution >= 4 is 116 Å². The zero-order chi connectivity index (χ0) is 68.5. The van der Waals surface area contributed by atoms with Crippen molar-refractivity contribution in [3.8, 4) is 0 Å². The first kappa shape index (κ1) is 68.5. The third-order valence-electron chi connectivity index (χ3n) is 19.4. The summed E-state index contributed by atoms with van der Waals surface area (Å²) < 4.78 is 4.06. The number of aliphatic hydroxyl groups is 4. The van der Waals surface area contributed by atoms with Crippen LogP contribution in [0.4, 0.5) is 46.0 Å². The molecule has 8 aromatic rings. The minimum absolute atomic E-state index is 0.109. The van der Waals surface area contributed by atoms with Gasteiger partial charge in [0, 0.05) is 79.8 Å². The number of nitrogen functional groups attached to an aromatic ring is 4. The van der Waals surface area contributed by atoms with E-state index >= 15 is 0 Å². The molecule has 0 bridgehead atoms. The lowest BCUT2D eigenvalue weighted by Gasteiger charge is -2.27. The van der Waals surface area contributed by atoms with Crippen molar-refractivity contribution in [2.45, 2.75) is 151 Å². The minimum atomic E-state index is -0.782. The number of aromatic nitrogens is 8. The lowest BCUT2D eigenvalue weighted by atomic mass is 9.89. The Labute approximate surface area is 578 Å². The van der Waals surface area contributed by atoms with Crippen molar-refractivity contribution in [1.29, 1.82) is 0 Å². The second-order valence-corrected chi connectivity index (χ2v) is 27.2. The van der Waals surface area contributed by atoms with E-state index in [1.165, 1.54) is 14.0 Å². The van der Waals surface area contributed by atoms with Crippen molar-refractivity contribution in [2.24, 2.45) is 0 Å². The lowest BCUT2D eigenvalue weighted by Crippen LogP contribution is -2.30. The Morgan fingerprint density at radius 2 is 0.773 bits per heavy atom. The summed E-state index contributed by atoms with van der Waals surface area (Å²) in [6, 6.07) is 22.1. The Kier molecular flexibility index (Phi) is 20.7. The Bertz CT molecular complexity index is 4160. The van der Waals surface area contributed by atoms with Crippen LogP contribution in [0.15, 0.2) is 72.8 Å². The van der Waals surface area contributed by atoms with Crippen LogP contribution >= 0.6 is 46.4 Å². The summed E-state index contributed by atoms with van der Waals surface area (Å²) >= 11 is 24.7. The molecular weight excluding hydrogens is 1330 g/mol. The van der Waals surface area contributed by atoms with E-state index in [4.69, 9.17) is 74.4 Å². The van der Waals surface area contributed by atoms with Crippen molar-refractivity contribution in [3.63, 3.8) is 0 Å². The molecule has 8 aliphatic rings. The number of hydrogen-bond acceptors (Lipinski definition) is 20. The van der Waals surface area contributed by atoms with Gasteiger partial charge in [-0.2, -0.15) is 24.7 Å². The molecule has 0 amide bonds. The van der Waals surface area contributed by atoms with Gasteiger partial charge in [0.1, 0.15) is 23.3 Å². The summed E-state index contributed by atoms with van der Waals surface area (Å²) in [6.45, 7) is 2.68. The van der Waals surface area contributed by atoms with E-state index in [-0.39, 0.29) is 41.6 Å². The number of nitrogens with two attached hydrogens (primary N) is 4. The molecule has 0 spiro atoms. The van der Waals surface area contributed by atoms with Crippen molar-refractivity contribution < 1.29 is 44.7 Å². The summed E-state index contributed by atoms with van der Waals surface area (Å²) in [7, 11) is 0. The lowest BCUT2D eigenvalue weighted by molar-refractivity contribution is -0.139. The maximum Gasteiger partial charge on any atom is 0.311 e. The number of nitrogens with zero attached hydrogens (tertiary/aromatic N) is 7. The normalized spacial score (nSPS) is 22.1. The van der Waals surface area contributed by atoms with Crippen LogP contribution in [0.1, 0.15) is 157 Å². The average Bonchev–Trinajstić information content (AvgIpc) is 1.72. The number of nitrogens with one attached hydrogen (secondary N) is 5. The second kappa shape index (κ2) is 29.4. The highest BCUT2D eigenvalue weighted by Crippen LogP contribution is 2.43. The molecule has 8 heterocycles. The number of aliphatic hydroxyl groups excluding tert-OH is 4. The van der Waals surface area contributed by atoms with E-state index in [2.05, 4.69) is 46.8 Å². The number of carboxylic acid groups (broad SMARTS) is 1. The van der Waals surface area contributed by atoms with Gasteiger partial charge in [-0.1, -0.05) is 94.9 Å². The fourth-order valence-corrected chi connectivity index (χ4v) is 15.3. The maximum atomic E-state index is 13.2. The van der Waals surface area contributed by atoms with Gasteiger partial charge >= 0.3 is 5.97 Å². The van der Waals surface area contributed by atoms with E-state index in [0.717, 1.165) is 103 Å². The number of hydrogen-bond donors (Lipinski definition) is 14. The largest absolute Gasteiger partial charge is 0.481 e. The second-order valence-electron chi connectivity index (χ2n) is 25.6. The number of para-hydroxylation sites is 4. The summed E-state index contributed by atoms with van der Waals surface area (Å²) in [5.74, 6) is -0.764. The van der Waals surface area contributed by atoms with Gasteiger partial charge in [-0.15, -0.1) is 5.10 Å². The third-order valence-corrected chi connectivity index (χ3v) is 20.7. The molecule has 18 N–H and O–H groups in total. The highest BCUT2D eigenvalue weighted by Gasteiger charge is 2.37. The van der Waals surface area contributed by atoms with E-state index in [1.54, 1.807) is 12.1 Å². The van der Waals surface area contributed by atoms with Gasteiger partial charge in [0.25, 0.3) is 17.7 Å². The molecule has 97 heavy (non-hydrogen) atoms. The average molecular weight is 1410 g/mol. The molecule has 8 atom stereocenters. The van der Waals surface area contributed by atoms with Crippen molar-refractivity contribution in [1.82, 2.24) is 39.5 Å². The quantitative estimate of drug-likeness (QED) is 0.0782. The molecule has 2 unspecified atom stereocenters. The number of carbonyl (C=O) groups is 4. The summed E-state index contributed by atoms with van der Waals surface area (Å²) in [4.78, 5) is 50.3. The SMILES string of the molecule is Nc1c2c(nn1C(=O)[C@@H]1CCNc3c(Cl)cccc31)C[C@@H](O)CC2.Nc1c2c(nn1C(=O)[C@H]1CCNc3c(Cl)cccc31)C[C@@H](O)CC2.Nc1n[nH]c2c1CC[C@H](O)C2.Nc1nn(C(=O)C2CCNc3c(Cl)cccc32)c2c1CC[C@H](O)C2.O=C(O)C1CCNc2c(Cl)cccc21. The van der Waals surface area contributed by atoms with E-state index < -0.39 is 30.2 Å².